The zero-order valence-corrected chi connectivity index (χ0v) is 11.1. The molecule has 1 rings (SSSR count). The summed E-state index contributed by atoms with van der Waals surface area (Å²) in [6, 6.07) is 7.77. The Hall–Kier alpha value is -1.32. The molecule has 18 heavy (non-hydrogen) atoms. The Labute approximate surface area is 109 Å². The summed E-state index contributed by atoms with van der Waals surface area (Å²) in [5.41, 5.74) is 1.10. The molecule has 0 saturated heterocycles. The highest BCUT2D eigenvalue weighted by atomic mass is 16.5. The highest BCUT2D eigenvalue weighted by Crippen LogP contribution is 2.13. The zero-order chi connectivity index (χ0) is 13.4. The molecule has 0 aliphatic rings. The van der Waals surface area contributed by atoms with Gasteiger partial charge in [-0.05, 0) is 24.1 Å². The van der Waals surface area contributed by atoms with E-state index in [2.05, 4.69) is 6.58 Å². The summed E-state index contributed by atoms with van der Waals surface area (Å²) in [6.45, 7) is 6.68. The van der Waals surface area contributed by atoms with Gasteiger partial charge in [0.2, 0.25) is 0 Å². The first-order chi connectivity index (χ1) is 8.67. The molecule has 1 aromatic rings. The molecule has 0 spiro atoms. The van der Waals surface area contributed by atoms with Crippen LogP contribution in [-0.4, -0.2) is 24.9 Å². The van der Waals surface area contributed by atoms with Crippen LogP contribution in [0, 0.1) is 5.92 Å². The molecule has 0 aliphatic carbocycles. The van der Waals surface area contributed by atoms with Crippen LogP contribution in [0.25, 0.3) is 0 Å². The van der Waals surface area contributed by atoms with Crippen LogP contribution in [0.1, 0.15) is 18.9 Å². The Kier molecular flexibility index (Phi) is 6.47. The summed E-state index contributed by atoms with van der Waals surface area (Å²) in [5.74, 6) is 0.953. The Balaban J connectivity index is 2.30. The van der Waals surface area contributed by atoms with Crippen LogP contribution in [0.4, 0.5) is 0 Å². The number of rotatable bonds is 8. The van der Waals surface area contributed by atoms with Crippen molar-refractivity contribution in [2.45, 2.75) is 26.1 Å². The standard InChI is InChI=1S/C15H22O3/c1-4-5-15(16)12(2)10-18-11-13-6-8-14(17-3)9-7-13/h4,6-9,12,15-16H,1,5,10-11H2,2-3H3/t12-,15-/m1/s1. The number of ether oxygens (including phenoxy) is 2. The third kappa shape index (κ3) is 4.90. The third-order valence-corrected chi connectivity index (χ3v) is 2.87. The lowest BCUT2D eigenvalue weighted by atomic mass is 10.0. The van der Waals surface area contributed by atoms with E-state index in [4.69, 9.17) is 9.47 Å². The van der Waals surface area contributed by atoms with Gasteiger partial charge in [0, 0.05) is 5.92 Å². The molecule has 0 fully saturated rings. The summed E-state index contributed by atoms with van der Waals surface area (Å²) in [7, 11) is 1.65. The smallest absolute Gasteiger partial charge is 0.118 e. The van der Waals surface area contributed by atoms with E-state index in [9.17, 15) is 5.11 Å². The van der Waals surface area contributed by atoms with Gasteiger partial charge in [-0.2, -0.15) is 0 Å². The number of aliphatic hydroxyl groups is 1. The number of methoxy groups -OCH3 is 1. The normalized spacial score (nSPS) is 13.9. The molecule has 0 aromatic heterocycles. The van der Waals surface area contributed by atoms with Gasteiger partial charge < -0.3 is 14.6 Å². The quantitative estimate of drug-likeness (QED) is 0.721. The fraction of sp³-hybridized carbons (Fsp3) is 0.467. The first-order valence-corrected chi connectivity index (χ1v) is 6.17. The zero-order valence-electron chi connectivity index (χ0n) is 11.1. The maximum Gasteiger partial charge on any atom is 0.118 e. The molecule has 0 aliphatic heterocycles. The predicted molar refractivity (Wildman–Crippen MR) is 72.6 cm³/mol. The van der Waals surface area contributed by atoms with Gasteiger partial charge in [-0.15, -0.1) is 6.58 Å². The van der Waals surface area contributed by atoms with Crippen molar-refractivity contribution in [3.8, 4) is 5.75 Å². The van der Waals surface area contributed by atoms with Crippen LogP contribution >= 0.6 is 0 Å². The van der Waals surface area contributed by atoms with E-state index in [1.54, 1.807) is 13.2 Å². The highest BCUT2D eigenvalue weighted by Gasteiger charge is 2.12. The second kappa shape index (κ2) is 7.90. The third-order valence-electron chi connectivity index (χ3n) is 2.87. The van der Waals surface area contributed by atoms with Crippen molar-refractivity contribution < 1.29 is 14.6 Å². The van der Waals surface area contributed by atoms with E-state index >= 15 is 0 Å². The van der Waals surface area contributed by atoms with Gasteiger partial charge in [-0.25, -0.2) is 0 Å². The molecule has 0 unspecified atom stereocenters. The van der Waals surface area contributed by atoms with E-state index in [0.29, 0.717) is 19.6 Å². The Morgan fingerprint density at radius 2 is 2.00 bits per heavy atom. The van der Waals surface area contributed by atoms with Crippen molar-refractivity contribution in [1.29, 1.82) is 0 Å². The first-order valence-electron chi connectivity index (χ1n) is 6.17. The number of hydrogen-bond donors (Lipinski definition) is 1. The second-order valence-electron chi connectivity index (χ2n) is 4.43. The van der Waals surface area contributed by atoms with Crippen molar-refractivity contribution >= 4 is 0 Å². The average molecular weight is 250 g/mol. The molecule has 3 nitrogen and oxygen atoms in total. The highest BCUT2D eigenvalue weighted by molar-refractivity contribution is 5.26. The molecule has 1 aromatic carbocycles. The summed E-state index contributed by atoms with van der Waals surface area (Å²) in [6.07, 6.45) is 1.95. The molecular formula is C15H22O3. The second-order valence-corrected chi connectivity index (χ2v) is 4.43. The summed E-state index contributed by atoms with van der Waals surface area (Å²) in [5, 5.41) is 9.72. The topological polar surface area (TPSA) is 38.7 Å². The SMILES string of the molecule is C=CC[C@@H](O)[C@H](C)COCc1ccc(OC)cc1. The van der Waals surface area contributed by atoms with E-state index in [-0.39, 0.29) is 12.0 Å². The molecular weight excluding hydrogens is 228 g/mol. The minimum absolute atomic E-state index is 0.112. The Morgan fingerprint density at radius 3 is 2.56 bits per heavy atom. The number of aliphatic hydroxyl groups excluding tert-OH is 1. The fourth-order valence-corrected chi connectivity index (χ4v) is 1.60. The average Bonchev–Trinajstić information content (AvgIpc) is 2.39. The van der Waals surface area contributed by atoms with Gasteiger partial charge in [0.05, 0.1) is 26.4 Å². The molecule has 3 heteroatoms. The van der Waals surface area contributed by atoms with Crippen LogP contribution in [0.2, 0.25) is 0 Å². The number of hydrogen-bond acceptors (Lipinski definition) is 3. The summed E-state index contributed by atoms with van der Waals surface area (Å²) in [4.78, 5) is 0. The summed E-state index contributed by atoms with van der Waals surface area (Å²) >= 11 is 0. The predicted octanol–water partition coefficient (Wildman–Crippen LogP) is 2.78. The van der Waals surface area contributed by atoms with Crippen molar-refractivity contribution in [2.75, 3.05) is 13.7 Å². The van der Waals surface area contributed by atoms with E-state index in [1.807, 2.05) is 31.2 Å². The number of benzene rings is 1. The van der Waals surface area contributed by atoms with Crippen molar-refractivity contribution in [2.24, 2.45) is 5.92 Å². The van der Waals surface area contributed by atoms with Crippen molar-refractivity contribution in [1.82, 2.24) is 0 Å². The van der Waals surface area contributed by atoms with E-state index in [0.717, 1.165) is 11.3 Å². The molecule has 0 saturated carbocycles. The van der Waals surface area contributed by atoms with Crippen LogP contribution in [0.3, 0.4) is 0 Å². The summed E-state index contributed by atoms with van der Waals surface area (Å²) < 4.78 is 10.7. The Morgan fingerprint density at radius 1 is 1.33 bits per heavy atom. The van der Waals surface area contributed by atoms with E-state index < -0.39 is 0 Å². The lowest BCUT2D eigenvalue weighted by Crippen LogP contribution is -2.21. The maximum atomic E-state index is 9.72. The molecule has 0 bridgehead atoms. The molecule has 1 N–H and O–H groups in total. The molecule has 2 atom stereocenters. The molecule has 0 amide bonds. The monoisotopic (exact) mass is 250 g/mol. The van der Waals surface area contributed by atoms with Crippen LogP contribution in [-0.2, 0) is 11.3 Å². The fourth-order valence-electron chi connectivity index (χ4n) is 1.60. The molecule has 0 radical (unpaired) electrons. The maximum absolute atomic E-state index is 9.72. The molecule has 0 heterocycles. The Bertz CT molecular complexity index is 345. The van der Waals surface area contributed by atoms with Gasteiger partial charge in [0.15, 0.2) is 0 Å². The van der Waals surface area contributed by atoms with Crippen LogP contribution in [0.5, 0.6) is 5.75 Å². The van der Waals surface area contributed by atoms with Gasteiger partial charge in [-0.3, -0.25) is 0 Å². The first kappa shape index (κ1) is 14.7. The van der Waals surface area contributed by atoms with Gasteiger partial charge >= 0.3 is 0 Å². The molecule has 100 valence electrons. The van der Waals surface area contributed by atoms with E-state index in [1.165, 1.54) is 0 Å². The minimum atomic E-state index is -0.377. The minimum Gasteiger partial charge on any atom is -0.497 e. The van der Waals surface area contributed by atoms with Gasteiger partial charge in [-0.1, -0.05) is 25.1 Å². The van der Waals surface area contributed by atoms with Crippen LogP contribution < -0.4 is 4.74 Å². The van der Waals surface area contributed by atoms with Crippen molar-refractivity contribution in [3.63, 3.8) is 0 Å². The van der Waals surface area contributed by atoms with Crippen LogP contribution in [0.15, 0.2) is 36.9 Å². The lowest BCUT2D eigenvalue weighted by Gasteiger charge is -2.17. The lowest BCUT2D eigenvalue weighted by molar-refractivity contribution is 0.0303. The van der Waals surface area contributed by atoms with Gasteiger partial charge in [0.1, 0.15) is 5.75 Å². The van der Waals surface area contributed by atoms with Crippen molar-refractivity contribution in [3.05, 3.63) is 42.5 Å². The largest absolute Gasteiger partial charge is 0.497 e. The van der Waals surface area contributed by atoms with Gasteiger partial charge in [0.25, 0.3) is 0 Å².